The van der Waals surface area contributed by atoms with Crippen molar-refractivity contribution in [2.24, 2.45) is 11.8 Å². The molecule has 0 saturated carbocycles. The first kappa shape index (κ1) is 13.5. The summed E-state index contributed by atoms with van der Waals surface area (Å²) in [6.07, 6.45) is 0. The number of carbonyl (C=O) groups is 2. The SMILES string of the molecule is C[C@@H]1CNC[C@H]1C(=O)N(C)c1ccc(C(=O)O)cc1. The first-order valence-electron chi connectivity index (χ1n) is 6.32. The highest BCUT2D eigenvalue weighted by Crippen LogP contribution is 2.22. The van der Waals surface area contributed by atoms with Crippen molar-refractivity contribution in [3.05, 3.63) is 29.8 Å². The zero-order valence-electron chi connectivity index (χ0n) is 11.1. The normalized spacial score (nSPS) is 22.2. The maximum Gasteiger partial charge on any atom is 0.335 e. The number of nitrogens with zero attached hydrogens (tertiary/aromatic N) is 1. The van der Waals surface area contributed by atoms with Crippen molar-refractivity contribution in [2.75, 3.05) is 25.0 Å². The van der Waals surface area contributed by atoms with E-state index in [1.807, 2.05) is 0 Å². The second-order valence-electron chi connectivity index (χ2n) is 4.99. The number of hydrogen-bond acceptors (Lipinski definition) is 3. The van der Waals surface area contributed by atoms with E-state index in [2.05, 4.69) is 12.2 Å². The summed E-state index contributed by atoms with van der Waals surface area (Å²) < 4.78 is 0. The molecule has 0 spiro atoms. The molecule has 5 heteroatoms. The molecular weight excluding hydrogens is 244 g/mol. The lowest BCUT2D eigenvalue weighted by Gasteiger charge is -2.23. The smallest absolute Gasteiger partial charge is 0.335 e. The van der Waals surface area contributed by atoms with Gasteiger partial charge in [-0.3, -0.25) is 4.79 Å². The van der Waals surface area contributed by atoms with E-state index in [0.717, 1.165) is 6.54 Å². The van der Waals surface area contributed by atoms with Gasteiger partial charge in [-0.2, -0.15) is 0 Å². The van der Waals surface area contributed by atoms with Crippen molar-refractivity contribution < 1.29 is 14.7 Å². The Labute approximate surface area is 112 Å². The number of carboxylic acid groups (broad SMARTS) is 1. The Morgan fingerprint density at radius 2 is 1.89 bits per heavy atom. The third-order valence-electron chi connectivity index (χ3n) is 3.67. The number of nitrogens with one attached hydrogen (secondary N) is 1. The van der Waals surface area contributed by atoms with Crippen LogP contribution in [0.25, 0.3) is 0 Å². The monoisotopic (exact) mass is 262 g/mol. The Kier molecular flexibility index (Phi) is 3.85. The van der Waals surface area contributed by atoms with Gasteiger partial charge in [0.2, 0.25) is 5.91 Å². The highest BCUT2D eigenvalue weighted by molar-refractivity contribution is 5.95. The lowest BCUT2D eigenvalue weighted by Crippen LogP contribution is -2.36. The van der Waals surface area contributed by atoms with E-state index in [1.54, 1.807) is 24.1 Å². The second-order valence-corrected chi connectivity index (χ2v) is 4.99. The number of amides is 1. The number of rotatable bonds is 3. The van der Waals surface area contributed by atoms with Gasteiger partial charge in [-0.05, 0) is 36.7 Å². The molecule has 0 unspecified atom stereocenters. The minimum atomic E-state index is -0.964. The second kappa shape index (κ2) is 5.40. The van der Waals surface area contributed by atoms with Crippen molar-refractivity contribution in [3.63, 3.8) is 0 Å². The predicted octanol–water partition coefficient (Wildman–Crippen LogP) is 1.20. The fraction of sp³-hybridized carbons (Fsp3) is 0.429. The van der Waals surface area contributed by atoms with Gasteiger partial charge in [0.25, 0.3) is 0 Å². The van der Waals surface area contributed by atoms with Gasteiger partial charge >= 0.3 is 5.97 Å². The molecule has 2 rings (SSSR count). The highest BCUT2D eigenvalue weighted by Gasteiger charge is 2.31. The third kappa shape index (κ3) is 2.76. The molecule has 19 heavy (non-hydrogen) atoms. The van der Waals surface area contributed by atoms with Crippen molar-refractivity contribution >= 4 is 17.6 Å². The van der Waals surface area contributed by atoms with Gasteiger partial charge in [0.05, 0.1) is 11.5 Å². The average Bonchev–Trinajstić information content (AvgIpc) is 2.83. The summed E-state index contributed by atoms with van der Waals surface area (Å²) >= 11 is 0. The lowest BCUT2D eigenvalue weighted by molar-refractivity contribution is -0.122. The van der Waals surface area contributed by atoms with Crippen LogP contribution >= 0.6 is 0 Å². The van der Waals surface area contributed by atoms with Crippen LogP contribution in [0.5, 0.6) is 0 Å². The fourth-order valence-electron chi connectivity index (χ4n) is 2.34. The largest absolute Gasteiger partial charge is 0.478 e. The average molecular weight is 262 g/mol. The van der Waals surface area contributed by atoms with E-state index < -0.39 is 5.97 Å². The molecule has 5 nitrogen and oxygen atoms in total. The van der Waals surface area contributed by atoms with Crippen LogP contribution in [0.2, 0.25) is 0 Å². The number of carboxylic acids is 1. The van der Waals surface area contributed by atoms with E-state index in [9.17, 15) is 9.59 Å². The maximum atomic E-state index is 12.3. The molecular formula is C14H18N2O3. The van der Waals surface area contributed by atoms with Crippen LogP contribution in [0.15, 0.2) is 24.3 Å². The third-order valence-corrected chi connectivity index (χ3v) is 3.67. The number of hydrogen-bond donors (Lipinski definition) is 2. The van der Waals surface area contributed by atoms with Gasteiger partial charge in [0.15, 0.2) is 0 Å². The van der Waals surface area contributed by atoms with Gasteiger partial charge in [0.1, 0.15) is 0 Å². The Morgan fingerprint density at radius 1 is 1.26 bits per heavy atom. The summed E-state index contributed by atoms with van der Waals surface area (Å²) in [4.78, 5) is 24.7. The zero-order chi connectivity index (χ0) is 14.0. The quantitative estimate of drug-likeness (QED) is 0.859. The summed E-state index contributed by atoms with van der Waals surface area (Å²) in [7, 11) is 1.73. The molecule has 0 radical (unpaired) electrons. The van der Waals surface area contributed by atoms with Crippen LogP contribution in [-0.4, -0.2) is 37.1 Å². The molecule has 1 aliphatic rings. The van der Waals surface area contributed by atoms with Crippen LogP contribution in [0.4, 0.5) is 5.69 Å². The van der Waals surface area contributed by atoms with E-state index in [4.69, 9.17) is 5.11 Å². The molecule has 102 valence electrons. The van der Waals surface area contributed by atoms with E-state index >= 15 is 0 Å². The summed E-state index contributed by atoms with van der Waals surface area (Å²) in [5.74, 6) is -0.577. The molecule has 1 aliphatic heterocycles. The van der Waals surface area contributed by atoms with Crippen LogP contribution < -0.4 is 10.2 Å². The number of carbonyl (C=O) groups excluding carboxylic acids is 1. The molecule has 2 atom stereocenters. The highest BCUT2D eigenvalue weighted by atomic mass is 16.4. The molecule has 1 aromatic rings. The van der Waals surface area contributed by atoms with E-state index in [0.29, 0.717) is 18.2 Å². The Hall–Kier alpha value is -1.88. The molecule has 0 aliphatic carbocycles. The first-order chi connectivity index (χ1) is 9.00. The standard InChI is InChI=1S/C14H18N2O3/c1-9-7-15-8-12(9)13(17)16(2)11-5-3-10(4-6-11)14(18)19/h3-6,9,12,15H,7-8H2,1-2H3,(H,18,19)/t9-,12-/m1/s1. The molecule has 1 saturated heterocycles. The number of anilines is 1. The van der Waals surface area contributed by atoms with Gasteiger partial charge in [-0.1, -0.05) is 6.92 Å². The minimum absolute atomic E-state index is 0.0100. The minimum Gasteiger partial charge on any atom is -0.478 e. The first-order valence-corrected chi connectivity index (χ1v) is 6.32. The molecule has 0 aromatic heterocycles. The van der Waals surface area contributed by atoms with Crippen molar-refractivity contribution in [1.29, 1.82) is 0 Å². The Morgan fingerprint density at radius 3 is 2.37 bits per heavy atom. The summed E-state index contributed by atoms with van der Waals surface area (Å²) in [5.41, 5.74) is 0.939. The van der Waals surface area contributed by atoms with Crippen LogP contribution in [0.3, 0.4) is 0 Å². The molecule has 1 heterocycles. The van der Waals surface area contributed by atoms with Gasteiger partial charge < -0.3 is 15.3 Å². The van der Waals surface area contributed by atoms with Crippen LogP contribution in [-0.2, 0) is 4.79 Å². The fourth-order valence-corrected chi connectivity index (χ4v) is 2.34. The topological polar surface area (TPSA) is 69.6 Å². The predicted molar refractivity (Wildman–Crippen MR) is 72.3 cm³/mol. The number of benzene rings is 1. The zero-order valence-corrected chi connectivity index (χ0v) is 11.1. The molecule has 1 aromatic carbocycles. The van der Waals surface area contributed by atoms with Crippen molar-refractivity contribution in [3.8, 4) is 0 Å². The van der Waals surface area contributed by atoms with Crippen molar-refractivity contribution in [2.45, 2.75) is 6.92 Å². The van der Waals surface area contributed by atoms with Gasteiger partial charge in [-0.15, -0.1) is 0 Å². The van der Waals surface area contributed by atoms with Gasteiger partial charge in [0, 0.05) is 19.3 Å². The maximum absolute atomic E-state index is 12.3. The number of aromatic carboxylic acids is 1. The Balaban J connectivity index is 2.12. The summed E-state index contributed by atoms with van der Waals surface area (Å²) in [6, 6.07) is 6.35. The van der Waals surface area contributed by atoms with Crippen LogP contribution in [0, 0.1) is 11.8 Å². The van der Waals surface area contributed by atoms with Crippen molar-refractivity contribution in [1.82, 2.24) is 5.32 Å². The molecule has 1 amide bonds. The molecule has 1 fully saturated rings. The van der Waals surface area contributed by atoms with E-state index in [-0.39, 0.29) is 17.4 Å². The summed E-state index contributed by atoms with van der Waals surface area (Å²) in [6.45, 7) is 3.63. The van der Waals surface area contributed by atoms with E-state index in [1.165, 1.54) is 12.1 Å². The lowest BCUT2D eigenvalue weighted by atomic mass is 9.96. The molecule has 2 N–H and O–H groups in total. The summed E-state index contributed by atoms with van der Waals surface area (Å²) in [5, 5.41) is 12.1. The molecule has 0 bridgehead atoms. The van der Waals surface area contributed by atoms with Crippen LogP contribution in [0.1, 0.15) is 17.3 Å². The van der Waals surface area contributed by atoms with Gasteiger partial charge in [-0.25, -0.2) is 4.79 Å². The Bertz CT molecular complexity index is 484.